The molecule has 1 saturated heterocycles. The normalized spacial score (nSPS) is 22.1. The van der Waals surface area contributed by atoms with Gasteiger partial charge < -0.3 is 10.6 Å². The highest BCUT2D eigenvalue weighted by molar-refractivity contribution is 6.30. The SMILES string of the molecule is CC(C)(C)C1CCN(CCC(N)c2cccc(Cl)c2)C1. The summed E-state index contributed by atoms with van der Waals surface area (Å²) >= 11 is 6.02. The molecule has 0 saturated carbocycles. The molecule has 1 heterocycles. The molecule has 0 aromatic heterocycles. The first-order chi connectivity index (χ1) is 9.36. The molecule has 2 N–H and O–H groups in total. The van der Waals surface area contributed by atoms with E-state index in [0.29, 0.717) is 5.41 Å². The van der Waals surface area contributed by atoms with Crippen LogP contribution in [0.3, 0.4) is 0 Å². The Kier molecular flexibility index (Phi) is 5.11. The average molecular weight is 295 g/mol. The molecule has 2 nitrogen and oxygen atoms in total. The lowest BCUT2D eigenvalue weighted by molar-refractivity contribution is 0.226. The number of nitrogens with zero attached hydrogens (tertiary/aromatic N) is 1. The summed E-state index contributed by atoms with van der Waals surface area (Å²) in [6.07, 6.45) is 2.31. The molecule has 1 fully saturated rings. The lowest BCUT2D eigenvalue weighted by atomic mass is 9.80. The van der Waals surface area contributed by atoms with Crippen LogP contribution < -0.4 is 5.73 Å². The molecule has 2 unspecified atom stereocenters. The van der Waals surface area contributed by atoms with Gasteiger partial charge in [-0.05, 0) is 55.0 Å². The Hall–Kier alpha value is -0.570. The largest absolute Gasteiger partial charge is 0.324 e. The van der Waals surface area contributed by atoms with Gasteiger partial charge in [0.05, 0.1) is 0 Å². The quantitative estimate of drug-likeness (QED) is 0.906. The van der Waals surface area contributed by atoms with Crippen LogP contribution in [0, 0.1) is 11.3 Å². The maximum atomic E-state index is 6.28. The summed E-state index contributed by atoms with van der Waals surface area (Å²) in [6.45, 7) is 10.5. The van der Waals surface area contributed by atoms with Crippen molar-refractivity contribution in [3.05, 3.63) is 34.9 Å². The molecular formula is C17H27ClN2. The minimum Gasteiger partial charge on any atom is -0.324 e. The second-order valence-electron chi connectivity index (χ2n) is 7.10. The van der Waals surface area contributed by atoms with Crippen LogP contribution in [0.5, 0.6) is 0 Å². The van der Waals surface area contributed by atoms with Gasteiger partial charge in [-0.2, -0.15) is 0 Å². The molecule has 1 aliphatic heterocycles. The zero-order valence-corrected chi connectivity index (χ0v) is 13.7. The summed E-state index contributed by atoms with van der Waals surface area (Å²) < 4.78 is 0. The van der Waals surface area contributed by atoms with Crippen LogP contribution in [0.25, 0.3) is 0 Å². The van der Waals surface area contributed by atoms with E-state index < -0.39 is 0 Å². The first-order valence-electron chi connectivity index (χ1n) is 7.59. The van der Waals surface area contributed by atoms with Crippen molar-refractivity contribution in [1.29, 1.82) is 0 Å². The van der Waals surface area contributed by atoms with Crippen LogP contribution in [0.15, 0.2) is 24.3 Å². The number of halogens is 1. The van der Waals surface area contributed by atoms with Crippen LogP contribution in [0.1, 0.15) is 45.2 Å². The van der Waals surface area contributed by atoms with Crippen LogP contribution in [-0.4, -0.2) is 24.5 Å². The first kappa shape index (κ1) is 15.8. The summed E-state index contributed by atoms with van der Waals surface area (Å²) in [7, 11) is 0. The van der Waals surface area contributed by atoms with Gasteiger partial charge in [0.25, 0.3) is 0 Å². The lowest BCUT2D eigenvalue weighted by Gasteiger charge is -2.27. The summed E-state index contributed by atoms with van der Waals surface area (Å²) in [4.78, 5) is 2.56. The molecule has 0 radical (unpaired) electrons. The summed E-state index contributed by atoms with van der Waals surface area (Å²) in [5, 5.41) is 0.770. The predicted molar refractivity (Wildman–Crippen MR) is 87.0 cm³/mol. The molecule has 1 aliphatic rings. The molecule has 0 bridgehead atoms. The van der Waals surface area contributed by atoms with E-state index in [1.807, 2.05) is 18.2 Å². The predicted octanol–water partition coefficient (Wildman–Crippen LogP) is 4.10. The highest BCUT2D eigenvalue weighted by atomic mass is 35.5. The number of rotatable bonds is 4. The van der Waals surface area contributed by atoms with Crippen molar-refractivity contribution in [2.75, 3.05) is 19.6 Å². The van der Waals surface area contributed by atoms with Crippen LogP contribution in [0.2, 0.25) is 5.02 Å². The van der Waals surface area contributed by atoms with Gasteiger partial charge in [0.15, 0.2) is 0 Å². The van der Waals surface area contributed by atoms with E-state index in [1.165, 1.54) is 19.5 Å². The van der Waals surface area contributed by atoms with E-state index in [1.54, 1.807) is 0 Å². The van der Waals surface area contributed by atoms with Crippen molar-refractivity contribution >= 4 is 11.6 Å². The molecule has 3 heteroatoms. The number of nitrogens with two attached hydrogens (primary N) is 1. The summed E-state index contributed by atoms with van der Waals surface area (Å²) in [6, 6.07) is 8.00. The smallest absolute Gasteiger partial charge is 0.0409 e. The molecule has 0 aliphatic carbocycles. The van der Waals surface area contributed by atoms with Gasteiger partial charge in [0.1, 0.15) is 0 Å². The van der Waals surface area contributed by atoms with Gasteiger partial charge in [-0.1, -0.05) is 44.5 Å². The van der Waals surface area contributed by atoms with E-state index >= 15 is 0 Å². The average Bonchev–Trinajstić information content (AvgIpc) is 2.84. The molecule has 1 aromatic rings. The Morgan fingerprint density at radius 3 is 2.75 bits per heavy atom. The molecule has 0 amide bonds. The molecule has 2 rings (SSSR count). The second kappa shape index (κ2) is 6.46. The Labute approximate surface area is 128 Å². The van der Waals surface area contributed by atoms with Gasteiger partial charge in [0, 0.05) is 17.6 Å². The van der Waals surface area contributed by atoms with Crippen molar-refractivity contribution in [1.82, 2.24) is 4.90 Å². The lowest BCUT2D eigenvalue weighted by Crippen LogP contribution is -2.28. The van der Waals surface area contributed by atoms with Crippen LogP contribution in [-0.2, 0) is 0 Å². The van der Waals surface area contributed by atoms with Crippen LogP contribution in [0.4, 0.5) is 0 Å². The van der Waals surface area contributed by atoms with E-state index in [4.69, 9.17) is 17.3 Å². The van der Waals surface area contributed by atoms with Gasteiger partial charge >= 0.3 is 0 Å². The van der Waals surface area contributed by atoms with Gasteiger partial charge in [0.2, 0.25) is 0 Å². The van der Waals surface area contributed by atoms with Crippen LogP contribution >= 0.6 is 11.6 Å². The first-order valence-corrected chi connectivity index (χ1v) is 7.97. The van der Waals surface area contributed by atoms with Crippen molar-refractivity contribution in [3.63, 3.8) is 0 Å². The number of likely N-dealkylation sites (tertiary alicyclic amines) is 1. The maximum absolute atomic E-state index is 6.28. The van der Waals surface area contributed by atoms with Gasteiger partial charge in [-0.15, -0.1) is 0 Å². The third-order valence-corrected chi connectivity index (χ3v) is 4.77. The molecule has 1 aromatic carbocycles. The van der Waals surface area contributed by atoms with E-state index in [2.05, 4.69) is 31.7 Å². The minimum absolute atomic E-state index is 0.0855. The van der Waals surface area contributed by atoms with E-state index in [0.717, 1.165) is 29.5 Å². The Morgan fingerprint density at radius 2 is 2.15 bits per heavy atom. The van der Waals surface area contributed by atoms with Gasteiger partial charge in [-0.3, -0.25) is 0 Å². The summed E-state index contributed by atoms with van der Waals surface area (Å²) in [5.74, 6) is 0.810. The van der Waals surface area contributed by atoms with Crippen molar-refractivity contribution in [3.8, 4) is 0 Å². The Balaban J connectivity index is 1.82. The molecule has 0 spiro atoms. The molecule has 2 atom stereocenters. The fraction of sp³-hybridized carbons (Fsp3) is 0.647. The third-order valence-electron chi connectivity index (χ3n) is 4.53. The fourth-order valence-corrected chi connectivity index (χ4v) is 3.17. The monoisotopic (exact) mass is 294 g/mol. The zero-order chi connectivity index (χ0) is 14.8. The number of hydrogen-bond donors (Lipinski definition) is 1. The van der Waals surface area contributed by atoms with Crippen molar-refractivity contribution in [2.24, 2.45) is 17.1 Å². The zero-order valence-electron chi connectivity index (χ0n) is 12.9. The Bertz CT molecular complexity index is 439. The highest BCUT2D eigenvalue weighted by Gasteiger charge is 2.31. The number of hydrogen-bond acceptors (Lipinski definition) is 2. The Morgan fingerprint density at radius 1 is 1.40 bits per heavy atom. The fourth-order valence-electron chi connectivity index (χ4n) is 2.97. The van der Waals surface area contributed by atoms with E-state index in [-0.39, 0.29) is 6.04 Å². The van der Waals surface area contributed by atoms with Crippen molar-refractivity contribution in [2.45, 2.75) is 39.7 Å². The molecule has 20 heavy (non-hydrogen) atoms. The van der Waals surface area contributed by atoms with E-state index in [9.17, 15) is 0 Å². The standard InChI is InChI=1S/C17H27ClN2/c1-17(2,3)14-7-9-20(12-14)10-8-16(19)13-5-4-6-15(18)11-13/h4-6,11,14,16H,7-10,12,19H2,1-3H3. The van der Waals surface area contributed by atoms with Gasteiger partial charge in [-0.25, -0.2) is 0 Å². The maximum Gasteiger partial charge on any atom is 0.0409 e. The molecule has 112 valence electrons. The summed E-state index contributed by atoms with van der Waals surface area (Å²) in [5.41, 5.74) is 7.84. The second-order valence-corrected chi connectivity index (χ2v) is 7.54. The number of benzene rings is 1. The minimum atomic E-state index is 0.0855. The topological polar surface area (TPSA) is 29.3 Å². The molecular weight excluding hydrogens is 268 g/mol. The third kappa shape index (κ3) is 4.21. The van der Waals surface area contributed by atoms with Crippen molar-refractivity contribution < 1.29 is 0 Å². The highest BCUT2D eigenvalue weighted by Crippen LogP contribution is 2.33.